The van der Waals surface area contributed by atoms with E-state index in [1.54, 1.807) is 4.90 Å². The van der Waals surface area contributed by atoms with Crippen LogP contribution in [-0.2, 0) is 16.0 Å². The minimum Gasteiger partial charge on any atom is -0.479 e. The van der Waals surface area contributed by atoms with Crippen LogP contribution in [-0.4, -0.2) is 45.7 Å². The van der Waals surface area contributed by atoms with Crippen molar-refractivity contribution < 1.29 is 19.8 Å². The molecular weight excluding hydrogens is 254 g/mol. The van der Waals surface area contributed by atoms with Gasteiger partial charge < -0.3 is 15.1 Å². The summed E-state index contributed by atoms with van der Waals surface area (Å²) in [5, 5.41) is 20.6. The van der Waals surface area contributed by atoms with Gasteiger partial charge >= 0.3 is 5.97 Å². The third kappa shape index (κ3) is 2.70. The van der Waals surface area contributed by atoms with Gasteiger partial charge in [-0.2, -0.15) is 0 Å². The van der Waals surface area contributed by atoms with Crippen LogP contribution in [0.15, 0.2) is 17.5 Å². The van der Waals surface area contributed by atoms with Gasteiger partial charge in [-0.1, -0.05) is 6.07 Å². The van der Waals surface area contributed by atoms with Gasteiger partial charge in [-0.3, -0.25) is 4.79 Å². The molecule has 0 radical (unpaired) electrons. The number of hydrogen-bond acceptors (Lipinski definition) is 4. The largest absolute Gasteiger partial charge is 0.479 e. The lowest BCUT2D eigenvalue weighted by molar-refractivity contribution is -0.165. The number of carbonyl (C=O) groups excluding carboxylic acids is 1. The van der Waals surface area contributed by atoms with E-state index in [9.17, 15) is 14.7 Å². The molecule has 2 N–H and O–H groups in total. The van der Waals surface area contributed by atoms with Gasteiger partial charge in [-0.05, 0) is 11.4 Å². The molecule has 0 saturated carbocycles. The van der Waals surface area contributed by atoms with Crippen LogP contribution in [0.25, 0.3) is 0 Å². The predicted molar refractivity (Wildman–Crippen MR) is 66.4 cm³/mol. The lowest BCUT2D eigenvalue weighted by Gasteiger charge is -2.35. The Hall–Kier alpha value is -1.40. The van der Waals surface area contributed by atoms with Gasteiger partial charge in [0.15, 0.2) is 5.60 Å². The molecule has 2 heterocycles. The topological polar surface area (TPSA) is 77.8 Å². The second-order valence-corrected chi connectivity index (χ2v) is 5.51. The number of amides is 1. The number of likely N-dealkylation sites (tertiary alicyclic amines) is 1. The van der Waals surface area contributed by atoms with E-state index >= 15 is 0 Å². The fraction of sp³-hybridized carbons (Fsp3) is 0.500. The number of rotatable bonds is 3. The van der Waals surface area contributed by atoms with Gasteiger partial charge in [0.2, 0.25) is 5.91 Å². The molecule has 0 unspecified atom stereocenters. The van der Waals surface area contributed by atoms with Crippen LogP contribution in [0.2, 0.25) is 0 Å². The first-order chi connectivity index (χ1) is 8.51. The van der Waals surface area contributed by atoms with Crippen molar-refractivity contribution in [3.8, 4) is 0 Å². The Morgan fingerprint density at radius 2 is 2.06 bits per heavy atom. The molecule has 1 aliphatic heterocycles. The zero-order chi connectivity index (χ0) is 13.2. The summed E-state index contributed by atoms with van der Waals surface area (Å²) in [6.07, 6.45) is 0.542. The highest BCUT2D eigenvalue weighted by molar-refractivity contribution is 7.10. The Morgan fingerprint density at radius 1 is 1.39 bits per heavy atom. The SMILES string of the molecule is O=C(Cc1cccs1)N1CCC(O)(C(=O)O)CC1. The molecule has 0 atom stereocenters. The van der Waals surface area contributed by atoms with Crippen molar-refractivity contribution in [2.24, 2.45) is 0 Å². The summed E-state index contributed by atoms with van der Waals surface area (Å²) in [5.41, 5.74) is -1.67. The molecule has 0 aromatic carbocycles. The van der Waals surface area contributed by atoms with Crippen molar-refractivity contribution in [3.05, 3.63) is 22.4 Å². The van der Waals surface area contributed by atoms with Crippen LogP contribution in [0.1, 0.15) is 17.7 Å². The van der Waals surface area contributed by atoms with E-state index in [0.29, 0.717) is 19.5 Å². The number of aliphatic carboxylic acids is 1. The number of hydrogen-bond donors (Lipinski definition) is 2. The fourth-order valence-electron chi connectivity index (χ4n) is 2.01. The van der Waals surface area contributed by atoms with Crippen LogP contribution in [0.4, 0.5) is 0 Å². The first-order valence-electron chi connectivity index (χ1n) is 5.77. The molecule has 1 saturated heterocycles. The Balaban J connectivity index is 1.90. The average molecular weight is 269 g/mol. The maximum Gasteiger partial charge on any atom is 0.335 e. The molecular formula is C12H15NO4S. The summed E-state index contributed by atoms with van der Waals surface area (Å²) in [6.45, 7) is 0.597. The fourth-order valence-corrected chi connectivity index (χ4v) is 2.71. The first-order valence-corrected chi connectivity index (χ1v) is 6.65. The third-order valence-electron chi connectivity index (χ3n) is 3.25. The molecule has 1 amide bonds. The molecule has 18 heavy (non-hydrogen) atoms. The second-order valence-electron chi connectivity index (χ2n) is 4.47. The molecule has 98 valence electrons. The average Bonchev–Trinajstić information content (AvgIpc) is 2.82. The first kappa shape index (κ1) is 13.0. The van der Waals surface area contributed by atoms with E-state index in [-0.39, 0.29) is 18.7 Å². The molecule has 0 spiro atoms. The molecule has 0 bridgehead atoms. The lowest BCUT2D eigenvalue weighted by atomic mass is 9.91. The van der Waals surface area contributed by atoms with Crippen molar-refractivity contribution in [2.45, 2.75) is 24.9 Å². The van der Waals surface area contributed by atoms with E-state index in [4.69, 9.17) is 5.11 Å². The van der Waals surface area contributed by atoms with Crippen LogP contribution >= 0.6 is 11.3 Å². The van der Waals surface area contributed by atoms with E-state index in [1.165, 1.54) is 11.3 Å². The molecule has 1 fully saturated rings. The number of carbonyl (C=O) groups is 2. The third-order valence-corrected chi connectivity index (χ3v) is 4.12. The molecule has 5 nitrogen and oxygen atoms in total. The molecule has 2 rings (SSSR count). The van der Waals surface area contributed by atoms with E-state index in [1.807, 2.05) is 17.5 Å². The highest BCUT2D eigenvalue weighted by Crippen LogP contribution is 2.23. The molecule has 1 aromatic rings. The summed E-state index contributed by atoms with van der Waals surface area (Å²) in [6, 6.07) is 3.80. The highest BCUT2D eigenvalue weighted by Gasteiger charge is 2.40. The monoisotopic (exact) mass is 269 g/mol. The summed E-state index contributed by atoms with van der Waals surface area (Å²) in [7, 11) is 0. The number of carboxylic acids is 1. The number of thiophene rings is 1. The zero-order valence-corrected chi connectivity index (χ0v) is 10.7. The summed E-state index contributed by atoms with van der Waals surface area (Å²) < 4.78 is 0. The number of piperidine rings is 1. The normalized spacial score (nSPS) is 18.6. The maximum absolute atomic E-state index is 11.9. The van der Waals surface area contributed by atoms with E-state index in [2.05, 4.69) is 0 Å². The summed E-state index contributed by atoms with van der Waals surface area (Å²) in [5.74, 6) is -1.21. The van der Waals surface area contributed by atoms with Crippen LogP contribution in [0.3, 0.4) is 0 Å². The zero-order valence-electron chi connectivity index (χ0n) is 9.83. The van der Waals surface area contributed by atoms with Gasteiger partial charge in [-0.25, -0.2) is 4.79 Å². The van der Waals surface area contributed by atoms with Crippen molar-refractivity contribution in [2.75, 3.05) is 13.1 Å². The highest BCUT2D eigenvalue weighted by atomic mass is 32.1. The van der Waals surface area contributed by atoms with Crippen LogP contribution < -0.4 is 0 Å². The van der Waals surface area contributed by atoms with Crippen LogP contribution in [0.5, 0.6) is 0 Å². The van der Waals surface area contributed by atoms with Gasteiger partial charge in [0.25, 0.3) is 0 Å². The minimum absolute atomic E-state index is 0.00936. The summed E-state index contributed by atoms with van der Waals surface area (Å²) >= 11 is 1.53. The Kier molecular flexibility index (Phi) is 3.68. The number of aliphatic hydroxyl groups is 1. The molecule has 1 aromatic heterocycles. The smallest absolute Gasteiger partial charge is 0.335 e. The lowest BCUT2D eigenvalue weighted by Crippen LogP contribution is -2.51. The molecule has 6 heteroatoms. The van der Waals surface area contributed by atoms with Gasteiger partial charge in [0, 0.05) is 30.8 Å². The van der Waals surface area contributed by atoms with Crippen LogP contribution in [0, 0.1) is 0 Å². The number of nitrogens with zero attached hydrogens (tertiary/aromatic N) is 1. The van der Waals surface area contributed by atoms with Crippen molar-refractivity contribution in [3.63, 3.8) is 0 Å². The molecule has 1 aliphatic rings. The Bertz CT molecular complexity index is 435. The summed E-state index contributed by atoms with van der Waals surface area (Å²) in [4.78, 5) is 25.4. The minimum atomic E-state index is -1.67. The van der Waals surface area contributed by atoms with E-state index in [0.717, 1.165) is 4.88 Å². The van der Waals surface area contributed by atoms with Gasteiger partial charge in [0.1, 0.15) is 0 Å². The Morgan fingerprint density at radius 3 is 2.56 bits per heavy atom. The van der Waals surface area contributed by atoms with Gasteiger partial charge in [-0.15, -0.1) is 11.3 Å². The Labute approximate surface area is 109 Å². The van der Waals surface area contributed by atoms with E-state index < -0.39 is 11.6 Å². The standard InChI is InChI=1S/C12H15NO4S/c14-10(8-9-2-1-7-18-9)13-5-3-12(17,4-6-13)11(15)16/h1-2,7,17H,3-6,8H2,(H,15,16). The van der Waals surface area contributed by atoms with Crippen molar-refractivity contribution in [1.29, 1.82) is 0 Å². The second kappa shape index (κ2) is 5.07. The quantitative estimate of drug-likeness (QED) is 0.848. The number of carboxylic acid groups (broad SMARTS) is 1. The van der Waals surface area contributed by atoms with Gasteiger partial charge in [0.05, 0.1) is 6.42 Å². The maximum atomic E-state index is 11.9. The molecule has 0 aliphatic carbocycles. The predicted octanol–water partition coefficient (Wildman–Crippen LogP) is 0.729. The van der Waals surface area contributed by atoms with Crippen molar-refractivity contribution >= 4 is 23.2 Å². The van der Waals surface area contributed by atoms with Crippen molar-refractivity contribution in [1.82, 2.24) is 4.90 Å².